The molecular weight excluding hydrogens is 194 g/mol. The molecule has 0 bridgehead atoms. The van der Waals surface area contributed by atoms with Crippen LogP contribution in [0.15, 0.2) is 35.9 Å². The SMILES string of the molecule is C=C(C)C(O)c1cnc2ccsc2c1. The van der Waals surface area contributed by atoms with E-state index in [9.17, 15) is 5.11 Å². The molecule has 2 heterocycles. The first kappa shape index (κ1) is 9.37. The number of thiophene rings is 1. The summed E-state index contributed by atoms with van der Waals surface area (Å²) in [6.45, 7) is 5.53. The summed E-state index contributed by atoms with van der Waals surface area (Å²) in [6.07, 6.45) is 1.10. The summed E-state index contributed by atoms with van der Waals surface area (Å²) < 4.78 is 1.10. The summed E-state index contributed by atoms with van der Waals surface area (Å²) in [5.74, 6) is 0. The summed E-state index contributed by atoms with van der Waals surface area (Å²) in [7, 11) is 0. The Hall–Kier alpha value is -1.19. The van der Waals surface area contributed by atoms with Crippen LogP contribution in [0.5, 0.6) is 0 Å². The van der Waals surface area contributed by atoms with Gasteiger partial charge in [-0.15, -0.1) is 11.3 Å². The van der Waals surface area contributed by atoms with Gasteiger partial charge in [0.05, 0.1) is 10.2 Å². The molecule has 0 aliphatic rings. The molecule has 72 valence electrons. The Bertz CT molecular complexity index is 475. The zero-order chi connectivity index (χ0) is 10.1. The first-order valence-corrected chi connectivity index (χ1v) is 5.23. The van der Waals surface area contributed by atoms with Gasteiger partial charge in [-0.05, 0) is 30.0 Å². The maximum Gasteiger partial charge on any atom is 0.101 e. The maximum absolute atomic E-state index is 9.76. The van der Waals surface area contributed by atoms with Crippen molar-refractivity contribution < 1.29 is 5.11 Å². The van der Waals surface area contributed by atoms with Gasteiger partial charge in [0.1, 0.15) is 6.10 Å². The van der Waals surface area contributed by atoms with Crippen molar-refractivity contribution in [3.05, 3.63) is 41.4 Å². The lowest BCUT2D eigenvalue weighted by Crippen LogP contribution is -1.97. The molecule has 0 radical (unpaired) electrons. The van der Waals surface area contributed by atoms with Crippen molar-refractivity contribution in [2.24, 2.45) is 0 Å². The van der Waals surface area contributed by atoms with E-state index in [1.54, 1.807) is 17.5 Å². The Morgan fingerprint density at radius 1 is 1.64 bits per heavy atom. The average Bonchev–Trinajstić information content (AvgIpc) is 2.62. The van der Waals surface area contributed by atoms with Crippen molar-refractivity contribution in [2.45, 2.75) is 13.0 Å². The number of pyridine rings is 1. The van der Waals surface area contributed by atoms with Crippen molar-refractivity contribution in [3.63, 3.8) is 0 Å². The van der Waals surface area contributed by atoms with Crippen molar-refractivity contribution in [1.29, 1.82) is 0 Å². The smallest absolute Gasteiger partial charge is 0.101 e. The molecule has 2 nitrogen and oxygen atoms in total. The van der Waals surface area contributed by atoms with E-state index in [4.69, 9.17) is 0 Å². The minimum Gasteiger partial charge on any atom is -0.384 e. The van der Waals surface area contributed by atoms with E-state index in [1.165, 1.54) is 0 Å². The van der Waals surface area contributed by atoms with E-state index in [1.807, 2.05) is 24.4 Å². The highest BCUT2D eigenvalue weighted by Crippen LogP contribution is 2.25. The first-order chi connectivity index (χ1) is 6.68. The highest BCUT2D eigenvalue weighted by Gasteiger charge is 2.09. The number of fused-ring (bicyclic) bond motifs is 1. The lowest BCUT2D eigenvalue weighted by molar-refractivity contribution is 0.216. The number of hydrogen-bond donors (Lipinski definition) is 1. The van der Waals surface area contributed by atoms with E-state index in [2.05, 4.69) is 11.6 Å². The Balaban J connectivity index is 2.48. The number of rotatable bonds is 2. The van der Waals surface area contributed by atoms with Gasteiger partial charge < -0.3 is 5.11 Å². The third kappa shape index (κ3) is 1.56. The van der Waals surface area contributed by atoms with E-state index in [0.717, 1.165) is 21.4 Å². The lowest BCUT2D eigenvalue weighted by atomic mass is 10.1. The van der Waals surface area contributed by atoms with Gasteiger partial charge >= 0.3 is 0 Å². The molecule has 2 rings (SSSR count). The molecule has 0 aliphatic heterocycles. The van der Waals surface area contributed by atoms with Gasteiger partial charge in [0.2, 0.25) is 0 Å². The highest BCUT2D eigenvalue weighted by atomic mass is 32.1. The van der Waals surface area contributed by atoms with Crippen LogP contribution in [0.3, 0.4) is 0 Å². The van der Waals surface area contributed by atoms with Gasteiger partial charge in [-0.3, -0.25) is 4.98 Å². The summed E-state index contributed by atoms with van der Waals surface area (Å²) in [5, 5.41) is 11.8. The van der Waals surface area contributed by atoms with Gasteiger partial charge in [0, 0.05) is 11.8 Å². The van der Waals surface area contributed by atoms with Crippen LogP contribution in [0.2, 0.25) is 0 Å². The van der Waals surface area contributed by atoms with E-state index >= 15 is 0 Å². The van der Waals surface area contributed by atoms with Gasteiger partial charge in [-0.25, -0.2) is 0 Å². The molecule has 14 heavy (non-hydrogen) atoms. The second-order valence-electron chi connectivity index (χ2n) is 3.32. The van der Waals surface area contributed by atoms with Crippen molar-refractivity contribution in [3.8, 4) is 0 Å². The quantitative estimate of drug-likeness (QED) is 0.765. The number of nitrogens with zero attached hydrogens (tertiary/aromatic N) is 1. The Morgan fingerprint density at radius 2 is 2.43 bits per heavy atom. The van der Waals surface area contributed by atoms with Gasteiger partial charge in [0.15, 0.2) is 0 Å². The zero-order valence-corrected chi connectivity index (χ0v) is 8.71. The second-order valence-corrected chi connectivity index (χ2v) is 4.27. The first-order valence-electron chi connectivity index (χ1n) is 4.35. The highest BCUT2D eigenvalue weighted by molar-refractivity contribution is 7.17. The standard InChI is InChI=1S/C11H11NOS/c1-7(2)11(13)8-5-10-9(12-6-8)3-4-14-10/h3-6,11,13H,1H2,2H3. The predicted octanol–water partition coefficient (Wildman–Crippen LogP) is 2.91. The second kappa shape index (κ2) is 3.52. The van der Waals surface area contributed by atoms with E-state index < -0.39 is 6.10 Å². The molecule has 2 aromatic heterocycles. The zero-order valence-electron chi connectivity index (χ0n) is 7.90. The van der Waals surface area contributed by atoms with Gasteiger partial charge in [0.25, 0.3) is 0 Å². The lowest BCUT2D eigenvalue weighted by Gasteiger charge is -2.09. The molecule has 0 aromatic carbocycles. The molecule has 2 aromatic rings. The van der Waals surface area contributed by atoms with E-state index in [0.29, 0.717) is 0 Å². The van der Waals surface area contributed by atoms with E-state index in [-0.39, 0.29) is 0 Å². The number of aliphatic hydroxyl groups is 1. The predicted molar refractivity (Wildman–Crippen MR) is 59.4 cm³/mol. The summed E-state index contributed by atoms with van der Waals surface area (Å²) >= 11 is 1.63. The fourth-order valence-electron chi connectivity index (χ4n) is 1.30. The minimum absolute atomic E-state index is 0.603. The molecule has 0 saturated heterocycles. The van der Waals surface area contributed by atoms with Crippen molar-refractivity contribution >= 4 is 21.6 Å². The number of aromatic nitrogens is 1. The average molecular weight is 205 g/mol. The van der Waals surface area contributed by atoms with Crippen LogP contribution in [0, 0.1) is 0 Å². The normalized spacial score (nSPS) is 13.0. The summed E-state index contributed by atoms with van der Waals surface area (Å²) in [6, 6.07) is 3.93. The van der Waals surface area contributed by atoms with Gasteiger partial charge in [-0.2, -0.15) is 0 Å². The molecule has 0 saturated carbocycles. The van der Waals surface area contributed by atoms with Crippen LogP contribution >= 0.6 is 11.3 Å². The van der Waals surface area contributed by atoms with Crippen LogP contribution in [-0.4, -0.2) is 10.1 Å². The molecule has 1 unspecified atom stereocenters. The third-order valence-corrected chi connectivity index (χ3v) is 2.96. The fraction of sp³-hybridized carbons (Fsp3) is 0.182. The maximum atomic E-state index is 9.76. The third-order valence-electron chi connectivity index (χ3n) is 2.11. The van der Waals surface area contributed by atoms with Crippen molar-refractivity contribution in [2.75, 3.05) is 0 Å². The Labute approximate surface area is 86.5 Å². The minimum atomic E-state index is -0.603. The topological polar surface area (TPSA) is 33.1 Å². The molecular formula is C11H11NOS. The molecule has 3 heteroatoms. The van der Waals surface area contributed by atoms with Crippen LogP contribution in [0.4, 0.5) is 0 Å². The number of aliphatic hydroxyl groups excluding tert-OH is 1. The monoisotopic (exact) mass is 205 g/mol. The molecule has 1 atom stereocenters. The van der Waals surface area contributed by atoms with Crippen LogP contribution in [0.1, 0.15) is 18.6 Å². The van der Waals surface area contributed by atoms with Gasteiger partial charge in [-0.1, -0.05) is 6.58 Å². The molecule has 0 spiro atoms. The molecule has 0 aliphatic carbocycles. The Morgan fingerprint density at radius 3 is 3.14 bits per heavy atom. The number of hydrogen-bond acceptors (Lipinski definition) is 3. The summed E-state index contributed by atoms with van der Waals surface area (Å²) in [5.41, 5.74) is 2.53. The van der Waals surface area contributed by atoms with Crippen LogP contribution < -0.4 is 0 Å². The Kier molecular flexibility index (Phi) is 2.35. The van der Waals surface area contributed by atoms with Crippen molar-refractivity contribution in [1.82, 2.24) is 4.98 Å². The largest absolute Gasteiger partial charge is 0.384 e. The fourth-order valence-corrected chi connectivity index (χ4v) is 2.08. The molecule has 0 amide bonds. The molecule has 0 fully saturated rings. The van der Waals surface area contributed by atoms with Crippen LogP contribution in [0.25, 0.3) is 10.2 Å². The summed E-state index contributed by atoms with van der Waals surface area (Å²) in [4.78, 5) is 4.25. The van der Waals surface area contributed by atoms with Crippen LogP contribution in [-0.2, 0) is 0 Å². The molecule has 1 N–H and O–H groups in total.